The molecule has 10 nitrogen and oxygen atoms in total. The molecule has 2 N–H and O–H groups in total. The van der Waals surface area contributed by atoms with E-state index in [0.717, 1.165) is 9.58 Å². The summed E-state index contributed by atoms with van der Waals surface area (Å²) < 4.78 is 2.49. The summed E-state index contributed by atoms with van der Waals surface area (Å²) in [5.41, 5.74) is 0.154. The van der Waals surface area contributed by atoms with Crippen molar-refractivity contribution in [1.29, 1.82) is 0 Å². The van der Waals surface area contributed by atoms with Crippen LogP contribution in [0.5, 0.6) is 0 Å². The van der Waals surface area contributed by atoms with Crippen LogP contribution in [0, 0.1) is 0 Å². The van der Waals surface area contributed by atoms with Crippen LogP contribution >= 0.6 is 11.6 Å². The summed E-state index contributed by atoms with van der Waals surface area (Å²) in [4.78, 5) is 38.1. The van der Waals surface area contributed by atoms with Gasteiger partial charge in [-0.3, -0.25) is 14.3 Å². The molecular weight excluding hydrogens is 414 g/mol. The number of likely N-dealkylation sites (N-methyl/N-ethyl adjacent to an activating group) is 1. The molecule has 3 rings (SSSR count). The van der Waals surface area contributed by atoms with Gasteiger partial charge in [0.05, 0.1) is 24.7 Å². The smallest absolute Gasteiger partial charge is 0.328 e. The van der Waals surface area contributed by atoms with E-state index in [1.54, 1.807) is 37.5 Å². The molecule has 0 unspecified atom stereocenters. The lowest BCUT2D eigenvalue weighted by atomic mass is 10.1. The van der Waals surface area contributed by atoms with Crippen LogP contribution in [-0.4, -0.2) is 66.2 Å². The van der Waals surface area contributed by atoms with E-state index in [4.69, 9.17) is 11.6 Å². The molecule has 0 spiro atoms. The maximum absolute atomic E-state index is 13.0. The van der Waals surface area contributed by atoms with E-state index >= 15 is 0 Å². The summed E-state index contributed by atoms with van der Waals surface area (Å²) in [6.45, 7) is -0.802. The number of aliphatic hydroxyl groups excluding tert-OH is 1. The lowest BCUT2D eigenvalue weighted by molar-refractivity contribution is -0.143. The highest BCUT2D eigenvalue weighted by molar-refractivity contribution is 6.30. The maximum atomic E-state index is 13.0. The fraction of sp³-hybridized carbons (Fsp3) is 0.211. The van der Waals surface area contributed by atoms with Gasteiger partial charge in [-0.2, -0.15) is 14.9 Å². The predicted molar refractivity (Wildman–Crippen MR) is 108 cm³/mol. The van der Waals surface area contributed by atoms with Crippen molar-refractivity contribution in [2.24, 2.45) is 7.05 Å². The van der Waals surface area contributed by atoms with Crippen molar-refractivity contribution in [2.75, 3.05) is 13.7 Å². The van der Waals surface area contributed by atoms with Crippen LogP contribution in [0.15, 0.2) is 47.5 Å². The van der Waals surface area contributed by atoms with Crippen molar-refractivity contribution >= 4 is 23.5 Å². The van der Waals surface area contributed by atoms with E-state index in [0.29, 0.717) is 22.0 Å². The first kappa shape index (κ1) is 21.2. The van der Waals surface area contributed by atoms with Crippen LogP contribution in [0.3, 0.4) is 0 Å². The predicted octanol–water partition coefficient (Wildman–Crippen LogP) is 0.804. The Morgan fingerprint density at radius 3 is 2.47 bits per heavy atom. The molecule has 0 aliphatic rings. The molecule has 0 aliphatic heterocycles. The number of halogens is 1. The molecule has 1 amide bonds. The number of carboxylic acid groups (broad SMARTS) is 1. The number of aryl methyl sites for hydroxylation is 1. The number of aromatic nitrogens is 4. The van der Waals surface area contributed by atoms with Gasteiger partial charge in [-0.15, -0.1) is 0 Å². The second kappa shape index (κ2) is 8.47. The Bertz CT molecular complexity index is 1150. The van der Waals surface area contributed by atoms with E-state index in [1.165, 1.54) is 24.0 Å². The minimum atomic E-state index is -1.50. The summed E-state index contributed by atoms with van der Waals surface area (Å²) in [5.74, 6) is -2.26. The highest BCUT2D eigenvalue weighted by Crippen LogP contribution is 2.21. The van der Waals surface area contributed by atoms with Crippen molar-refractivity contribution < 1.29 is 19.8 Å². The summed E-state index contributed by atoms with van der Waals surface area (Å²) in [6.07, 6.45) is 2.96. The number of aliphatic carboxylic acids is 1. The minimum absolute atomic E-state index is 0.294. The number of carbonyl (C=O) groups excluding carboxylic acids is 1. The van der Waals surface area contributed by atoms with Crippen molar-refractivity contribution in [3.63, 3.8) is 0 Å². The van der Waals surface area contributed by atoms with Crippen LogP contribution in [0.25, 0.3) is 16.9 Å². The SMILES string of the molecule is CN(C(=O)c1cc(-c2ccc(Cl)cc2)nn(-c2cnn(C)c2)c1=O)[C@H](CO)C(=O)O. The van der Waals surface area contributed by atoms with Crippen molar-refractivity contribution in [1.82, 2.24) is 24.5 Å². The summed E-state index contributed by atoms with van der Waals surface area (Å²) in [7, 11) is 2.86. The second-order valence-electron chi connectivity index (χ2n) is 6.49. The van der Waals surface area contributed by atoms with Gasteiger partial charge in [0, 0.05) is 24.7 Å². The monoisotopic (exact) mass is 431 g/mol. The van der Waals surface area contributed by atoms with E-state index < -0.39 is 30.1 Å². The first-order valence-electron chi connectivity index (χ1n) is 8.73. The first-order valence-corrected chi connectivity index (χ1v) is 9.11. The molecule has 0 radical (unpaired) electrons. The van der Waals surface area contributed by atoms with Gasteiger partial charge in [-0.05, 0) is 18.2 Å². The Kier molecular flexibility index (Phi) is 5.99. The topological polar surface area (TPSA) is 131 Å². The van der Waals surface area contributed by atoms with Gasteiger partial charge >= 0.3 is 5.97 Å². The van der Waals surface area contributed by atoms with Crippen LogP contribution < -0.4 is 5.56 Å². The van der Waals surface area contributed by atoms with Gasteiger partial charge in [-0.1, -0.05) is 23.7 Å². The first-order chi connectivity index (χ1) is 14.2. The molecule has 0 saturated carbocycles. The standard InChI is InChI=1S/C19H18ClN5O5/c1-23-9-13(8-21-23)25-18(28)14(17(27)24(2)16(10-26)19(29)30)7-15(22-25)11-3-5-12(20)6-4-11/h3-9,16,26H,10H2,1-2H3,(H,29,30)/t16-/m1/s1. The normalized spacial score (nSPS) is 11.9. The molecule has 2 aromatic heterocycles. The summed E-state index contributed by atoms with van der Waals surface area (Å²) >= 11 is 5.93. The largest absolute Gasteiger partial charge is 0.480 e. The molecule has 1 aromatic carbocycles. The van der Waals surface area contributed by atoms with Crippen LogP contribution in [0.1, 0.15) is 10.4 Å². The Labute approximate surface area is 175 Å². The van der Waals surface area contributed by atoms with Crippen molar-refractivity contribution in [2.45, 2.75) is 6.04 Å². The number of rotatable bonds is 6. The number of benzene rings is 1. The van der Waals surface area contributed by atoms with Crippen molar-refractivity contribution in [3.05, 3.63) is 63.7 Å². The Morgan fingerprint density at radius 2 is 1.93 bits per heavy atom. The fourth-order valence-electron chi connectivity index (χ4n) is 2.80. The van der Waals surface area contributed by atoms with Gasteiger partial charge in [0.15, 0.2) is 6.04 Å². The van der Waals surface area contributed by atoms with E-state index in [1.807, 2.05) is 0 Å². The zero-order valence-corrected chi connectivity index (χ0v) is 16.8. The lowest BCUT2D eigenvalue weighted by Crippen LogP contribution is -2.46. The van der Waals surface area contributed by atoms with Crippen LogP contribution in [-0.2, 0) is 11.8 Å². The van der Waals surface area contributed by atoms with Crippen LogP contribution in [0.2, 0.25) is 5.02 Å². The third kappa shape index (κ3) is 4.09. The number of carbonyl (C=O) groups is 2. The molecule has 0 bridgehead atoms. The fourth-order valence-corrected chi connectivity index (χ4v) is 2.93. The maximum Gasteiger partial charge on any atom is 0.328 e. The molecule has 2 heterocycles. The van der Waals surface area contributed by atoms with E-state index in [2.05, 4.69) is 10.2 Å². The second-order valence-corrected chi connectivity index (χ2v) is 6.93. The third-order valence-electron chi connectivity index (χ3n) is 4.46. The van der Waals surface area contributed by atoms with Gasteiger partial charge in [0.2, 0.25) is 0 Å². The number of amides is 1. The Morgan fingerprint density at radius 1 is 1.27 bits per heavy atom. The molecule has 30 heavy (non-hydrogen) atoms. The van der Waals surface area contributed by atoms with Crippen molar-refractivity contribution in [3.8, 4) is 16.9 Å². The Balaban J connectivity index is 2.19. The molecule has 11 heteroatoms. The molecule has 3 aromatic rings. The molecule has 0 saturated heterocycles. The molecule has 1 atom stereocenters. The van der Waals surface area contributed by atoms with Gasteiger partial charge in [0.25, 0.3) is 11.5 Å². The molecular formula is C19H18ClN5O5. The van der Waals surface area contributed by atoms with E-state index in [9.17, 15) is 24.6 Å². The number of hydrogen-bond acceptors (Lipinski definition) is 6. The number of hydrogen-bond donors (Lipinski definition) is 2. The zero-order chi connectivity index (χ0) is 22.0. The Hall–Kier alpha value is -3.50. The van der Waals surface area contributed by atoms with Crippen LogP contribution in [0.4, 0.5) is 0 Å². The van der Waals surface area contributed by atoms with E-state index in [-0.39, 0.29) is 5.56 Å². The third-order valence-corrected chi connectivity index (χ3v) is 4.72. The summed E-state index contributed by atoms with van der Waals surface area (Å²) in [6, 6.07) is 6.41. The van der Waals surface area contributed by atoms with Gasteiger partial charge < -0.3 is 15.1 Å². The average Bonchev–Trinajstić information content (AvgIpc) is 3.14. The number of nitrogens with zero attached hydrogens (tertiary/aromatic N) is 5. The molecule has 0 fully saturated rings. The van der Waals surface area contributed by atoms with Gasteiger partial charge in [0.1, 0.15) is 11.3 Å². The highest BCUT2D eigenvalue weighted by atomic mass is 35.5. The lowest BCUT2D eigenvalue weighted by Gasteiger charge is -2.23. The molecule has 156 valence electrons. The van der Waals surface area contributed by atoms with Gasteiger partial charge in [-0.25, -0.2) is 4.79 Å². The minimum Gasteiger partial charge on any atom is -0.480 e. The highest BCUT2D eigenvalue weighted by Gasteiger charge is 2.29. The summed E-state index contributed by atoms with van der Waals surface area (Å²) in [5, 5.41) is 27.4. The zero-order valence-electron chi connectivity index (χ0n) is 16.1. The number of carboxylic acids is 1. The average molecular weight is 432 g/mol. The number of aliphatic hydroxyl groups is 1. The molecule has 0 aliphatic carbocycles. The quantitative estimate of drug-likeness (QED) is 0.590.